The number of pyridine rings is 1. The van der Waals surface area contributed by atoms with Crippen LogP contribution in [0, 0.1) is 6.07 Å². The van der Waals surface area contributed by atoms with Crippen LogP contribution in [0.2, 0.25) is 0 Å². The van der Waals surface area contributed by atoms with Crippen LogP contribution in [-0.4, -0.2) is 19.6 Å². The number of para-hydroxylation sites is 1. The van der Waals surface area contributed by atoms with E-state index in [-0.39, 0.29) is 48.5 Å². The van der Waals surface area contributed by atoms with Gasteiger partial charge in [-0.1, -0.05) is 193 Å². The molecule has 0 radical (unpaired) electrons. The van der Waals surface area contributed by atoms with Crippen molar-refractivity contribution in [3.05, 3.63) is 167 Å². The van der Waals surface area contributed by atoms with Crippen molar-refractivity contribution in [2.24, 2.45) is 0 Å². The molecule has 0 bridgehead atoms. The number of rotatable bonds is 7. The molecule has 66 heavy (non-hydrogen) atoms. The Kier molecular flexibility index (Phi) is 12.7. The topological polar surface area (TPSA) is 50.9 Å². The number of hydrogen-bond acceptors (Lipinski definition) is 3. The van der Waals surface area contributed by atoms with Crippen molar-refractivity contribution in [3.63, 3.8) is 0 Å². The molecule has 2 aromatic heterocycles. The maximum atomic E-state index is 12.5. The monoisotopic (exact) mass is 1050 g/mol. The molecule has 0 spiro atoms. The Morgan fingerprint density at radius 2 is 1.18 bits per heavy atom. The van der Waals surface area contributed by atoms with Gasteiger partial charge in [-0.3, -0.25) is 9.55 Å². The molecule has 0 amide bonds. The number of benzene rings is 6. The van der Waals surface area contributed by atoms with Gasteiger partial charge in [0.2, 0.25) is 0 Å². The number of nitrogens with zero attached hydrogens (tertiary/aromatic N) is 3. The molecule has 0 atom stereocenters. The third-order valence-corrected chi connectivity index (χ3v) is 12.7. The zero-order valence-corrected chi connectivity index (χ0v) is 43.6. The van der Waals surface area contributed by atoms with Gasteiger partial charge in [-0.25, -0.2) is 4.98 Å². The van der Waals surface area contributed by atoms with E-state index in [9.17, 15) is 6.48 Å². The van der Waals surface area contributed by atoms with E-state index in [0.29, 0.717) is 11.4 Å². The molecule has 4 nitrogen and oxygen atoms in total. The molecule has 2 heterocycles. The summed E-state index contributed by atoms with van der Waals surface area (Å²) in [5, 5.41) is 12.5. The van der Waals surface area contributed by atoms with Crippen molar-refractivity contribution in [1.82, 2.24) is 14.5 Å². The van der Waals surface area contributed by atoms with E-state index >= 15 is 0 Å². The Morgan fingerprint density at radius 3 is 1.80 bits per heavy atom. The Balaban J connectivity index is 0.00000666. The number of aromatic nitrogens is 3. The fraction of sp³-hybridized carbons (Fsp3) is 0.311. The Labute approximate surface area is 410 Å². The summed E-state index contributed by atoms with van der Waals surface area (Å²) in [6.07, 6.45) is 1.90. The summed E-state index contributed by atoms with van der Waals surface area (Å²) in [6.45, 7) is 30.4. The maximum Gasteiger partial charge on any atom is 0.148 e. The third kappa shape index (κ3) is 9.77. The van der Waals surface area contributed by atoms with Gasteiger partial charge in [0.15, 0.2) is 0 Å². The van der Waals surface area contributed by atoms with Crippen LogP contribution in [0.5, 0.6) is 5.75 Å². The van der Waals surface area contributed by atoms with Crippen LogP contribution in [0.15, 0.2) is 134 Å². The number of fused-ring (bicyclic) bond motifs is 1. The van der Waals surface area contributed by atoms with Gasteiger partial charge in [0.05, 0.1) is 16.6 Å². The molecular weight excluding hydrogens is 986 g/mol. The average molecular weight is 1050 g/mol. The Morgan fingerprint density at radius 1 is 0.561 bits per heavy atom. The molecule has 0 saturated heterocycles. The van der Waals surface area contributed by atoms with Gasteiger partial charge in [0, 0.05) is 45.6 Å². The first-order valence-electron chi connectivity index (χ1n) is 23.5. The zero-order valence-electron chi connectivity index (χ0n) is 42.3. The number of aromatic hydroxyl groups is 1. The van der Waals surface area contributed by atoms with Gasteiger partial charge in [-0.15, -0.1) is 29.3 Å². The first-order chi connectivity index (χ1) is 30.8. The standard InChI is InChI=1S/C61H66N3O.Pt/c1-38(2)42-29-43(39-19-16-15-17-20-39)34-49(33-42)64-54-22-18-21-50(55(54)63-57(64)51-36-48(60(9,10)11)37-52(56(51)65)61(12,13)14)44-30-45(32-47(31-44)59(6,7)8)53-35-41(27-28-62-53)40-23-25-46(26-24-40)58(3,4)5;/h15-29,31-38,65H,1-14H3;/q-1;/i38D;. The minimum absolute atomic E-state index is 0. The van der Waals surface area contributed by atoms with E-state index in [4.69, 9.17) is 9.97 Å². The van der Waals surface area contributed by atoms with Crippen LogP contribution in [0.3, 0.4) is 0 Å². The second kappa shape index (κ2) is 17.9. The zero-order chi connectivity index (χ0) is 47.7. The molecule has 0 aliphatic carbocycles. The van der Waals surface area contributed by atoms with Gasteiger partial charge in [-0.2, -0.15) is 0 Å². The largest absolute Gasteiger partial charge is 0.507 e. The fourth-order valence-electron chi connectivity index (χ4n) is 8.60. The SMILES string of the molecule is [2H]C(C)(C)c1cc(-c2ccccc2)cc(-n2c(-c3cc(C(C)(C)C)cc(C(C)(C)C)c3O)nc3c(-c4[c-]c(-c5cc(-c6ccc(C(C)(C)C)cc6)ccn5)cc(C(C)(C)C)c4)cccc32)c1.[Pt]. The summed E-state index contributed by atoms with van der Waals surface area (Å²) < 4.78 is 11.5. The van der Waals surface area contributed by atoms with Crippen LogP contribution in [0.25, 0.3) is 72.7 Å². The van der Waals surface area contributed by atoms with Gasteiger partial charge >= 0.3 is 0 Å². The fourth-order valence-corrected chi connectivity index (χ4v) is 8.60. The number of imidazole rings is 1. The van der Waals surface area contributed by atoms with Gasteiger partial charge in [-0.05, 0) is 96.8 Å². The normalized spacial score (nSPS) is 12.8. The van der Waals surface area contributed by atoms with Crippen molar-refractivity contribution in [1.29, 1.82) is 0 Å². The summed E-state index contributed by atoms with van der Waals surface area (Å²) >= 11 is 0. The summed E-state index contributed by atoms with van der Waals surface area (Å²) in [4.78, 5) is 10.6. The van der Waals surface area contributed by atoms with Crippen molar-refractivity contribution in [2.45, 2.75) is 124 Å². The first kappa shape index (κ1) is 46.9. The molecule has 0 aliphatic rings. The van der Waals surface area contributed by atoms with E-state index < -0.39 is 5.89 Å². The van der Waals surface area contributed by atoms with Gasteiger partial charge in [0.1, 0.15) is 11.6 Å². The molecule has 8 aromatic rings. The Bertz CT molecular complexity index is 3090. The minimum atomic E-state index is -0.894. The quantitative estimate of drug-likeness (QED) is 0.162. The second-order valence-corrected chi connectivity index (χ2v) is 22.2. The van der Waals surface area contributed by atoms with Gasteiger partial charge < -0.3 is 5.11 Å². The molecule has 5 heteroatoms. The number of phenolic OH excluding ortho intramolecular Hbond substituents is 1. The molecule has 0 aliphatic heterocycles. The maximum absolute atomic E-state index is 12.5. The predicted octanol–water partition coefficient (Wildman–Crippen LogP) is 16.6. The van der Waals surface area contributed by atoms with Crippen molar-refractivity contribution >= 4 is 11.0 Å². The molecule has 342 valence electrons. The summed E-state index contributed by atoms with van der Waals surface area (Å²) in [6, 6.07) is 48.9. The van der Waals surface area contributed by atoms with Crippen LogP contribution in [0.1, 0.15) is 132 Å². The van der Waals surface area contributed by atoms with E-state index in [1.165, 1.54) is 5.56 Å². The molecule has 0 saturated carbocycles. The third-order valence-electron chi connectivity index (χ3n) is 12.7. The van der Waals surface area contributed by atoms with Crippen molar-refractivity contribution in [2.75, 3.05) is 0 Å². The molecular formula is C61H66N3OPt-. The summed E-state index contributed by atoms with van der Waals surface area (Å²) in [5.74, 6) is -0.0458. The van der Waals surface area contributed by atoms with Crippen molar-refractivity contribution < 1.29 is 27.5 Å². The van der Waals surface area contributed by atoms with Crippen LogP contribution in [0.4, 0.5) is 0 Å². The number of phenols is 1. The summed E-state index contributed by atoms with van der Waals surface area (Å²) in [7, 11) is 0. The van der Waals surface area contributed by atoms with Crippen LogP contribution < -0.4 is 0 Å². The van der Waals surface area contributed by atoms with E-state index in [1.54, 1.807) is 0 Å². The minimum Gasteiger partial charge on any atom is -0.507 e. The summed E-state index contributed by atoms with van der Waals surface area (Å²) in [5.41, 5.74) is 15.7. The average Bonchev–Trinajstić information content (AvgIpc) is 3.64. The smallest absolute Gasteiger partial charge is 0.148 e. The van der Waals surface area contributed by atoms with Crippen LogP contribution >= 0.6 is 0 Å². The molecule has 0 unspecified atom stereocenters. The van der Waals surface area contributed by atoms with E-state index in [1.807, 2.05) is 38.2 Å². The van der Waals surface area contributed by atoms with Crippen molar-refractivity contribution in [3.8, 4) is 67.5 Å². The van der Waals surface area contributed by atoms with E-state index in [0.717, 1.165) is 83.6 Å². The molecule has 0 fully saturated rings. The molecule has 8 rings (SSSR count). The predicted molar refractivity (Wildman–Crippen MR) is 275 cm³/mol. The van der Waals surface area contributed by atoms with Gasteiger partial charge in [0.25, 0.3) is 0 Å². The molecule has 6 aromatic carbocycles. The first-order valence-corrected chi connectivity index (χ1v) is 23.0. The second-order valence-electron chi connectivity index (χ2n) is 22.2. The van der Waals surface area contributed by atoms with Crippen LogP contribution in [-0.2, 0) is 42.7 Å². The molecule has 1 N–H and O–H groups in total. The Hall–Kier alpha value is -5.57. The number of hydrogen-bond donors (Lipinski definition) is 1. The van der Waals surface area contributed by atoms with E-state index in [2.05, 4.69) is 203 Å².